The Labute approximate surface area is 191 Å². The first-order valence-corrected chi connectivity index (χ1v) is 10.2. The van der Waals surface area contributed by atoms with Gasteiger partial charge in [0.05, 0.1) is 30.2 Å². The van der Waals surface area contributed by atoms with E-state index in [0.717, 1.165) is 23.6 Å². The summed E-state index contributed by atoms with van der Waals surface area (Å²) in [5.74, 6) is -0.575. The van der Waals surface area contributed by atoms with Gasteiger partial charge in [0, 0.05) is 37.0 Å². The normalized spacial score (nSPS) is 14.5. The van der Waals surface area contributed by atoms with E-state index in [1.807, 2.05) is 0 Å². The number of aliphatic hydroxyl groups excluding tert-OH is 1. The van der Waals surface area contributed by atoms with Crippen molar-refractivity contribution in [3.8, 4) is 5.75 Å². The highest BCUT2D eigenvalue weighted by molar-refractivity contribution is 6.01. The maximum atomic E-state index is 13.2. The van der Waals surface area contributed by atoms with Crippen molar-refractivity contribution in [1.82, 2.24) is 19.9 Å². The lowest BCUT2D eigenvalue weighted by atomic mass is 10.1. The highest BCUT2D eigenvalue weighted by Gasteiger charge is 2.41. The number of nitrogens with zero attached hydrogens (tertiary/aromatic N) is 3. The molecular weight excluding hydrogens is 457 g/mol. The third-order valence-corrected chi connectivity index (χ3v) is 5.32. The molecule has 1 aliphatic carbocycles. The number of rotatable bonds is 7. The van der Waals surface area contributed by atoms with Gasteiger partial charge in [-0.05, 0) is 18.9 Å². The fourth-order valence-corrected chi connectivity index (χ4v) is 3.42. The van der Waals surface area contributed by atoms with Gasteiger partial charge in [-0.25, -0.2) is 9.50 Å². The lowest BCUT2D eigenvalue weighted by Crippen LogP contribution is -2.21. The van der Waals surface area contributed by atoms with E-state index in [0.29, 0.717) is 0 Å². The second-order valence-corrected chi connectivity index (χ2v) is 7.68. The Bertz CT molecular complexity index is 1260. The van der Waals surface area contributed by atoms with Crippen LogP contribution in [0.5, 0.6) is 5.75 Å². The molecule has 1 aliphatic rings. The van der Waals surface area contributed by atoms with Gasteiger partial charge in [-0.3, -0.25) is 9.59 Å². The van der Waals surface area contributed by atoms with Crippen molar-refractivity contribution in [1.29, 1.82) is 0 Å². The zero-order valence-corrected chi connectivity index (χ0v) is 18.1. The minimum atomic E-state index is -4.91. The molecule has 3 aromatic rings. The van der Waals surface area contributed by atoms with Crippen LogP contribution in [0.2, 0.25) is 0 Å². The first kappa shape index (κ1) is 23.3. The van der Waals surface area contributed by atoms with Crippen LogP contribution >= 0.6 is 0 Å². The van der Waals surface area contributed by atoms with E-state index in [2.05, 4.69) is 26.0 Å². The van der Waals surface area contributed by atoms with Crippen molar-refractivity contribution in [2.75, 3.05) is 24.8 Å². The number of methoxy groups -OCH3 is 1. The number of alkyl halides is 3. The van der Waals surface area contributed by atoms with Gasteiger partial charge in [0.1, 0.15) is 11.3 Å². The lowest BCUT2D eigenvalue weighted by molar-refractivity contribution is -0.206. The molecule has 34 heavy (non-hydrogen) atoms. The molecule has 0 unspecified atom stereocenters. The summed E-state index contributed by atoms with van der Waals surface area (Å²) in [6, 6.07) is 2.93. The highest BCUT2D eigenvalue weighted by atomic mass is 19.4. The minimum absolute atomic E-state index is 0.0402. The van der Waals surface area contributed by atoms with Crippen LogP contribution in [0.1, 0.15) is 34.9 Å². The third-order valence-electron chi connectivity index (χ3n) is 5.32. The van der Waals surface area contributed by atoms with E-state index in [-0.39, 0.29) is 45.8 Å². The Balaban J connectivity index is 1.77. The molecule has 0 radical (unpaired) electrons. The molecule has 0 spiro atoms. The fraction of sp³-hybridized carbons (Fsp3) is 0.333. The third kappa shape index (κ3) is 4.46. The van der Waals surface area contributed by atoms with Crippen LogP contribution in [0.3, 0.4) is 0 Å². The first-order chi connectivity index (χ1) is 16.1. The summed E-state index contributed by atoms with van der Waals surface area (Å²) in [5.41, 5.74) is -0.0536. The summed E-state index contributed by atoms with van der Waals surface area (Å²) in [6.07, 6.45) is -2.54. The standard InChI is InChI=1S/C21H21F3N6O4/c1-25-20(33)11-8-26-15(29-19(32)10-3-4-10)7-14(11)28-13-5-6-30-16(17(13)34-2)12(9-27-30)18(31)21(22,23)24/h5-10,18,31H,3-4H2,1-2H3,(H,25,33)(H2,26,28,29,32)/t18-/m1/s1. The Hall–Kier alpha value is -3.87. The van der Waals surface area contributed by atoms with Crippen molar-refractivity contribution < 1.29 is 32.6 Å². The molecule has 4 N–H and O–H groups in total. The van der Waals surface area contributed by atoms with E-state index in [1.54, 1.807) is 0 Å². The topological polar surface area (TPSA) is 130 Å². The average Bonchev–Trinajstić information content (AvgIpc) is 3.57. The quantitative estimate of drug-likeness (QED) is 0.411. The van der Waals surface area contributed by atoms with Gasteiger partial charge in [0.15, 0.2) is 11.9 Å². The van der Waals surface area contributed by atoms with Crippen molar-refractivity contribution in [3.63, 3.8) is 0 Å². The second kappa shape index (κ2) is 8.82. The van der Waals surface area contributed by atoms with Gasteiger partial charge < -0.3 is 25.8 Å². The maximum Gasteiger partial charge on any atom is 0.418 e. The molecule has 1 saturated carbocycles. The number of halogens is 3. The van der Waals surface area contributed by atoms with Gasteiger partial charge in [0.25, 0.3) is 5.91 Å². The summed E-state index contributed by atoms with van der Waals surface area (Å²) in [7, 11) is 2.68. The molecule has 13 heteroatoms. The van der Waals surface area contributed by atoms with Crippen LogP contribution in [-0.4, -0.2) is 51.9 Å². The zero-order valence-electron chi connectivity index (χ0n) is 18.1. The van der Waals surface area contributed by atoms with Crippen molar-refractivity contribution in [3.05, 3.63) is 41.9 Å². The Morgan fingerprint density at radius 3 is 2.62 bits per heavy atom. The number of carbonyl (C=O) groups is 2. The Morgan fingerprint density at radius 1 is 1.26 bits per heavy atom. The molecule has 0 bridgehead atoms. The molecule has 0 aromatic carbocycles. The number of pyridine rings is 2. The smallest absolute Gasteiger partial charge is 0.418 e. The first-order valence-electron chi connectivity index (χ1n) is 10.2. The summed E-state index contributed by atoms with van der Waals surface area (Å²) in [5, 5.41) is 21.8. The number of fused-ring (bicyclic) bond motifs is 1. The number of aliphatic hydroxyl groups is 1. The summed E-state index contributed by atoms with van der Waals surface area (Å²) < 4.78 is 46.1. The fourth-order valence-electron chi connectivity index (χ4n) is 3.42. The molecule has 4 rings (SSSR count). The molecule has 0 aliphatic heterocycles. The van der Waals surface area contributed by atoms with Crippen molar-refractivity contribution in [2.45, 2.75) is 25.1 Å². The average molecular weight is 478 g/mol. The van der Waals surface area contributed by atoms with E-state index < -0.39 is 23.8 Å². The summed E-state index contributed by atoms with van der Waals surface area (Å²) in [6.45, 7) is 0. The largest absolute Gasteiger partial charge is 0.492 e. The van der Waals surface area contributed by atoms with Crippen LogP contribution < -0.4 is 20.7 Å². The van der Waals surface area contributed by atoms with E-state index in [9.17, 15) is 27.9 Å². The van der Waals surface area contributed by atoms with Gasteiger partial charge in [-0.15, -0.1) is 0 Å². The summed E-state index contributed by atoms with van der Waals surface area (Å²) in [4.78, 5) is 28.6. The van der Waals surface area contributed by atoms with Crippen LogP contribution in [0.4, 0.5) is 30.4 Å². The Morgan fingerprint density at radius 2 is 2.00 bits per heavy atom. The van der Waals surface area contributed by atoms with Gasteiger partial charge in [-0.1, -0.05) is 0 Å². The molecule has 2 amide bonds. The van der Waals surface area contributed by atoms with Gasteiger partial charge >= 0.3 is 6.18 Å². The monoisotopic (exact) mass is 478 g/mol. The number of anilines is 3. The van der Waals surface area contributed by atoms with E-state index >= 15 is 0 Å². The number of ether oxygens (including phenoxy) is 1. The van der Waals surface area contributed by atoms with Crippen LogP contribution in [0.25, 0.3) is 5.52 Å². The maximum absolute atomic E-state index is 13.2. The molecule has 10 nitrogen and oxygen atoms in total. The van der Waals surface area contributed by atoms with Crippen molar-refractivity contribution in [2.24, 2.45) is 5.92 Å². The zero-order chi connectivity index (χ0) is 24.6. The van der Waals surface area contributed by atoms with Crippen LogP contribution in [0, 0.1) is 5.92 Å². The number of hydrogen-bond donors (Lipinski definition) is 4. The Kier molecular flexibility index (Phi) is 6.04. The number of nitrogens with one attached hydrogen (secondary N) is 3. The van der Waals surface area contributed by atoms with Crippen LogP contribution in [0.15, 0.2) is 30.7 Å². The second-order valence-electron chi connectivity index (χ2n) is 7.68. The van der Waals surface area contributed by atoms with Crippen LogP contribution in [-0.2, 0) is 4.79 Å². The lowest BCUT2D eigenvalue weighted by Gasteiger charge is -2.18. The van der Waals surface area contributed by atoms with Crippen molar-refractivity contribution >= 4 is 34.5 Å². The number of aromatic nitrogens is 3. The van der Waals surface area contributed by atoms with Gasteiger partial charge in [0.2, 0.25) is 5.91 Å². The minimum Gasteiger partial charge on any atom is -0.492 e. The number of hydrogen-bond acceptors (Lipinski definition) is 7. The molecule has 180 valence electrons. The molecule has 3 heterocycles. The van der Waals surface area contributed by atoms with Gasteiger partial charge in [-0.2, -0.15) is 18.3 Å². The number of amides is 2. The molecule has 1 atom stereocenters. The summed E-state index contributed by atoms with van der Waals surface area (Å²) >= 11 is 0. The SMILES string of the molecule is CNC(=O)c1cnc(NC(=O)C2CC2)cc1Nc1ccn2ncc([C@@H](O)C(F)(F)F)c2c1OC. The molecular formula is C21H21F3N6O4. The highest BCUT2D eigenvalue weighted by Crippen LogP contribution is 2.41. The predicted octanol–water partition coefficient (Wildman–Crippen LogP) is 2.79. The molecule has 1 fully saturated rings. The predicted molar refractivity (Wildman–Crippen MR) is 115 cm³/mol. The molecule has 3 aromatic heterocycles. The van der Waals surface area contributed by atoms with E-state index in [1.165, 1.54) is 38.7 Å². The molecule has 0 saturated heterocycles. The van der Waals surface area contributed by atoms with E-state index in [4.69, 9.17) is 4.74 Å². The number of carbonyl (C=O) groups excluding carboxylic acids is 2.